The largest absolute Gasteiger partial charge is 0.480 e. The Labute approximate surface area is 115 Å². The molecule has 0 aromatic carbocycles. The maximum Gasteiger partial charge on any atom is 0.323 e. The van der Waals surface area contributed by atoms with E-state index in [2.05, 4.69) is 10.3 Å². The van der Waals surface area contributed by atoms with E-state index in [1.54, 1.807) is 6.20 Å². The highest BCUT2D eigenvalue weighted by molar-refractivity contribution is 7.09. The average molecular weight is 283 g/mol. The van der Waals surface area contributed by atoms with Gasteiger partial charge in [-0.1, -0.05) is 6.92 Å². The zero-order valence-electron chi connectivity index (χ0n) is 10.7. The lowest BCUT2D eigenvalue weighted by Crippen LogP contribution is -2.45. The summed E-state index contributed by atoms with van der Waals surface area (Å²) in [5, 5.41) is 14.4. The summed E-state index contributed by atoms with van der Waals surface area (Å²) in [6.07, 6.45) is 4.19. The van der Waals surface area contributed by atoms with E-state index in [9.17, 15) is 9.59 Å². The summed E-state index contributed by atoms with van der Waals surface area (Å²) in [7, 11) is 0. The number of hydrogen-bond donors (Lipinski definition) is 2. The molecule has 1 atom stereocenters. The lowest BCUT2D eigenvalue weighted by Gasteiger charge is -2.23. The Morgan fingerprint density at radius 2 is 2.37 bits per heavy atom. The molecule has 1 aliphatic rings. The number of urea groups is 1. The number of aliphatic carboxylic acids is 1. The highest BCUT2D eigenvalue weighted by atomic mass is 32.1. The first kappa shape index (κ1) is 13.8. The minimum absolute atomic E-state index is 0.0740. The van der Waals surface area contributed by atoms with Crippen LogP contribution in [0.4, 0.5) is 4.79 Å². The van der Waals surface area contributed by atoms with Crippen LogP contribution in [-0.2, 0) is 4.79 Å². The number of carboxylic acids is 1. The van der Waals surface area contributed by atoms with Crippen molar-refractivity contribution < 1.29 is 14.7 Å². The van der Waals surface area contributed by atoms with Crippen LogP contribution in [0.5, 0.6) is 0 Å². The van der Waals surface area contributed by atoms with Crippen LogP contribution in [0.3, 0.4) is 0 Å². The quantitative estimate of drug-likeness (QED) is 0.834. The monoisotopic (exact) mass is 283 g/mol. The van der Waals surface area contributed by atoms with Crippen LogP contribution in [0.15, 0.2) is 11.6 Å². The number of carbonyl (C=O) groups excluding carboxylic acids is 1. The van der Waals surface area contributed by atoms with Gasteiger partial charge in [0.05, 0.1) is 6.04 Å². The molecule has 1 saturated carbocycles. The molecule has 2 rings (SSSR count). The molecule has 1 aromatic rings. The zero-order valence-corrected chi connectivity index (χ0v) is 11.5. The van der Waals surface area contributed by atoms with Gasteiger partial charge < -0.3 is 15.3 Å². The number of thiazole rings is 1. The molecule has 7 heteroatoms. The van der Waals surface area contributed by atoms with Gasteiger partial charge >= 0.3 is 12.0 Å². The van der Waals surface area contributed by atoms with Crippen LogP contribution in [0, 0.1) is 0 Å². The molecule has 19 heavy (non-hydrogen) atoms. The van der Waals surface area contributed by atoms with E-state index >= 15 is 0 Å². The minimum Gasteiger partial charge on any atom is -0.480 e. The smallest absolute Gasteiger partial charge is 0.323 e. The molecular weight excluding hydrogens is 266 g/mol. The van der Waals surface area contributed by atoms with Gasteiger partial charge in [0.25, 0.3) is 0 Å². The molecule has 0 radical (unpaired) electrons. The lowest BCUT2D eigenvalue weighted by atomic mass is 10.2. The van der Waals surface area contributed by atoms with Crippen LogP contribution >= 0.6 is 11.3 Å². The summed E-state index contributed by atoms with van der Waals surface area (Å²) in [6.45, 7) is 1.72. The van der Waals surface area contributed by atoms with Crippen molar-refractivity contribution in [3.63, 3.8) is 0 Å². The van der Waals surface area contributed by atoms with Crippen molar-refractivity contribution in [3.05, 3.63) is 16.6 Å². The van der Waals surface area contributed by atoms with E-state index in [0.29, 0.717) is 0 Å². The third-order valence-electron chi connectivity index (χ3n) is 3.01. The molecule has 2 amide bonds. The molecule has 1 fully saturated rings. The maximum absolute atomic E-state index is 12.2. The number of hydrogen-bond acceptors (Lipinski definition) is 4. The third-order valence-corrected chi connectivity index (χ3v) is 3.90. The highest BCUT2D eigenvalue weighted by Gasteiger charge is 2.34. The second kappa shape index (κ2) is 6.01. The maximum atomic E-state index is 12.2. The topological polar surface area (TPSA) is 82.5 Å². The summed E-state index contributed by atoms with van der Waals surface area (Å²) < 4.78 is 0. The average Bonchev–Trinajstić information content (AvgIpc) is 3.07. The number of carboxylic acid groups (broad SMARTS) is 1. The fourth-order valence-corrected chi connectivity index (χ4v) is 2.65. The fraction of sp³-hybridized carbons (Fsp3) is 0.583. The van der Waals surface area contributed by atoms with Gasteiger partial charge in [0.2, 0.25) is 0 Å². The second-order valence-corrected chi connectivity index (χ2v) is 5.46. The van der Waals surface area contributed by atoms with Gasteiger partial charge in [0.15, 0.2) is 0 Å². The van der Waals surface area contributed by atoms with E-state index in [1.165, 1.54) is 16.2 Å². The minimum atomic E-state index is -0.982. The van der Waals surface area contributed by atoms with Crippen molar-refractivity contribution in [2.45, 2.75) is 38.3 Å². The number of carbonyl (C=O) groups is 2. The Morgan fingerprint density at radius 1 is 1.63 bits per heavy atom. The van der Waals surface area contributed by atoms with E-state index in [4.69, 9.17) is 5.11 Å². The molecule has 1 aromatic heterocycles. The van der Waals surface area contributed by atoms with E-state index in [1.807, 2.05) is 12.3 Å². The third kappa shape index (κ3) is 3.66. The van der Waals surface area contributed by atoms with Crippen molar-refractivity contribution >= 4 is 23.3 Å². The van der Waals surface area contributed by atoms with Gasteiger partial charge in [-0.25, -0.2) is 9.78 Å². The van der Waals surface area contributed by atoms with E-state index < -0.39 is 5.97 Å². The second-order valence-electron chi connectivity index (χ2n) is 4.53. The molecule has 6 nitrogen and oxygen atoms in total. The predicted molar refractivity (Wildman–Crippen MR) is 71.0 cm³/mol. The molecular formula is C12H17N3O3S. The molecule has 104 valence electrons. The Balaban J connectivity index is 1.99. The standard InChI is InChI=1S/C12H17N3O3S/c1-2-9(11-13-5-6-19-11)14-12(18)15(7-10(16)17)8-3-4-8/h5-6,8-9H,2-4,7H2,1H3,(H,14,18)(H,16,17). The Hall–Kier alpha value is -1.63. The number of rotatable bonds is 6. The van der Waals surface area contributed by atoms with Crippen molar-refractivity contribution in [2.24, 2.45) is 0 Å². The van der Waals surface area contributed by atoms with Gasteiger partial charge in [-0.15, -0.1) is 11.3 Å². The van der Waals surface area contributed by atoms with Crippen molar-refractivity contribution in [1.29, 1.82) is 0 Å². The van der Waals surface area contributed by atoms with Gasteiger partial charge in [-0.3, -0.25) is 4.79 Å². The van der Waals surface area contributed by atoms with Crippen LogP contribution in [0.2, 0.25) is 0 Å². The van der Waals surface area contributed by atoms with E-state index in [-0.39, 0.29) is 24.7 Å². The number of aromatic nitrogens is 1. The lowest BCUT2D eigenvalue weighted by molar-refractivity contribution is -0.137. The first-order chi connectivity index (χ1) is 9.11. The summed E-state index contributed by atoms with van der Waals surface area (Å²) in [4.78, 5) is 28.5. The van der Waals surface area contributed by atoms with Crippen molar-refractivity contribution in [3.8, 4) is 0 Å². The van der Waals surface area contributed by atoms with Crippen LogP contribution in [0.1, 0.15) is 37.2 Å². The molecule has 0 aliphatic heterocycles. The highest BCUT2D eigenvalue weighted by Crippen LogP contribution is 2.27. The van der Waals surface area contributed by atoms with Crippen LogP contribution in [-0.4, -0.2) is 39.6 Å². The Morgan fingerprint density at radius 3 is 2.84 bits per heavy atom. The van der Waals surface area contributed by atoms with Crippen LogP contribution in [0.25, 0.3) is 0 Å². The molecule has 1 aliphatic carbocycles. The van der Waals surface area contributed by atoms with Crippen molar-refractivity contribution in [2.75, 3.05) is 6.54 Å². The number of amides is 2. The van der Waals surface area contributed by atoms with Gasteiger partial charge in [-0.05, 0) is 19.3 Å². The van der Waals surface area contributed by atoms with Crippen molar-refractivity contribution in [1.82, 2.24) is 15.2 Å². The zero-order chi connectivity index (χ0) is 13.8. The summed E-state index contributed by atoms with van der Waals surface area (Å²) >= 11 is 1.49. The molecule has 2 N–H and O–H groups in total. The first-order valence-electron chi connectivity index (χ1n) is 6.30. The molecule has 0 saturated heterocycles. The fourth-order valence-electron chi connectivity index (χ4n) is 1.88. The molecule has 0 bridgehead atoms. The Bertz CT molecular complexity index is 445. The van der Waals surface area contributed by atoms with E-state index in [0.717, 1.165) is 24.3 Å². The normalized spacial score (nSPS) is 15.8. The van der Waals surface area contributed by atoms with Crippen LogP contribution < -0.4 is 5.32 Å². The molecule has 1 unspecified atom stereocenters. The Kier molecular flexibility index (Phi) is 4.36. The summed E-state index contributed by atoms with van der Waals surface area (Å²) in [5.74, 6) is -0.982. The summed E-state index contributed by atoms with van der Waals surface area (Å²) in [6, 6.07) is -0.389. The SMILES string of the molecule is CCC(NC(=O)N(CC(=O)O)C1CC1)c1nccs1. The molecule has 0 spiro atoms. The van der Waals surface area contributed by atoms with Gasteiger partial charge in [0.1, 0.15) is 11.6 Å². The molecule has 1 heterocycles. The van der Waals surface area contributed by atoms with Gasteiger partial charge in [-0.2, -0.15) is 0 Å². The first-order valence-corrected chi connectivity index (χ1v) is 7.18. The predicted octanol–water partition coefficient (Wildman–Crippen LogP) is 1.85. The number of nitrogens with zero attached hydrogens (tertiary/aromatic N) is 2. The number of nitrogens with one attached hydrogen (secondary N) is 1. The summed E-state index contributed by atoms with van der Waals surface area (Å²) in [5.41, 5.74) is 0. The van der Waals surface area contributed by atoms with Gasteiger partial charge in [0, 0.05) is 17.6 Å².